The minimum Gasteiger partial charge on any atom is -0.491 e. The number of amides is 2. The van der Waals surface area contributed by atoms with E-state index in [2.05, 4.69) is 5.32 Å². The van der Waals surface area contributed by atoms with Gasteiger partial charge in [-0.2, -0.15) is 13.2 Å². The molecule has 8 heteroatoms. The van der Waals surface area contributed by atoms with Gasteiger partial charge in [-0.25, -0.2) is 0 Å². The lowest BCUT2D eigenvalue weighted by molar-refractivity contribution is -0.138. The Kier molecular flexibility index (Phi) is 7.03. The quantitative estimate of drug-likeness (QED) is 0.747. The number of rotatable bonds is 7. The van der Waals surface area contributed by atoms with Crippen LogP contribution in [0.4, 0.5) is 18.9 Å². The van der Waals surface area contributed by atoms with Crippen molar-refractivity contribution >= 4 is 17.5 Å². The Bertz CT molecular complexity index is 801. The number of hydrogen-bond acceptors (Lipinski definition) is 3. The second kappa shape index (κ2) is 9.25. The largest absolute Gasteiger partial charge is 0.491 e. The van der Waals surface area contributed by atoms with E-state index in [0.717, 1.165) is 0 Å². The molecule has 0 aromatic heterocycles. The standard InChI is InChI=1S/C20H21F3N2O3/c1-13(2)28-17-9-5-15(6-10-17)19(27)25-16-7-3-14(4-8-16)11-18(26)24-12-20(21,22)23/h3-10,13H,11-12H2,1-2H3,(H,24,26)(H,25,27). The summed E-state index contributed by atoms with van der Waals surface area (Å²) in [6.07, 6.45) is -4.58. The summed E-state index contributed by atoms with van der Waals surface area (Å²) < 4.78 is 41.8. The van der Waals surface area contributed by atoms with E-state index >= 15 is 0 Å². The Labute approximate surface area is 160 Å². The summed E-state index contributed by atoms with van der Waals surface area (Å²) in [4.78, 5) is 23.8. The summed E-state index contributed by atoms with van der Waals surface area (Å²) in [6, 6.07) is 13.0. The van der Waals surface area contributed by atoms with E-state index < -0.39 is 18.6 Å². The number of hydrogen-bond donors (Lipinski definition) is 2. The molecule has 0 heterocycles. The highest BCUT2D eigenvalue weighted by Crippen LogP contribution is 2.16. The Balaban J connectivity index is 1.89. The number of carbonyl (C=O) groups excluding carboxylic acids is 2. The summed E-state index contributed by atoms with van der Waals surface area (Å²) >= 11 is 0. The van der Waals surface area contributed by atoms with E-state index in [1.54, 1.807) is 48.5 Å². The summed E-state index contributed by atoms with van der Waals surface area (Å²) in [7, 11) is 0. The summed E-state index contributed by atoms with van der Waals surface area (Å²) in [6.45, 7) is 2.45. The van der Waals surface area contributed by atoms with Crippen LogP contribution in [0.15, 0.2) is 48.5 Å². The van der Waals surface area contributed by atoms with E-state index in [-0.39, 0.29) is 18.4 Å². The molecule has 2 aromatic rings. The number of carbonyl (C=O) groups is 2. The van der Waals surface area contributed by atoms with Crippen molar-refractivity contribution in [2.24, 2.45) is 0 Å². The van der Waals surface area contributed by atoms with Crippen LogP contribution in [0.3, 0.4) is 0 Å². The maximum Gasteiger partial charge on any atom is 0.405 e. The molecule has 0 spiro atoms. The van der Waals surface area contributed by atoms with Gasteiger partial charge in [0.2, 0.25) is 5.91 Å². The van der Waals surface area contributed by atoms with Crippen LogP contribution in [-0.2, 0) is 11.2 Å². The molecule has 0 aliphatic rings. The van der Waals surface area contributed by atoms with Gasteiger partial charge in [-0.1, -0.05) is 12.1 Å². The van der Waals surface area contributed by atoms with Crippen molar-refractivity contribution in [3.63, 3.8) is 0 Å². The molecule has 0 fully saturated rings. The smallest absolute Gasteiger partial charge is 0.405 e. The van der Waals surface area contributed by atoms with Gasteiger partial charge in [-0.05, 0) is 55.8 Å². The molecule has 28 heavy (non-hydrogen) atoms. The molecule has 0 aliphatic heterocycles. The van der Waals surface area contributed by atoms with E-state index in [4.69, 9.17) is 4.74 Å². The van der Waals surface area contributed by atoms with Gasteiger partial charge in [0, 0.05) is 11.3 Å². The molecule has 2 N–H and O–H groups in total. The minimum absolute atomic E-state index is 0.0359. The Morgan fingerprint density at radius 3 is 2.14 bits per heavy atom. The van der Waals surface area contributed by atoms with Crippen LogP contribution in [0.1, 0.15) is 29.8 Å². The van der Waals surface area contributed by atoms with E-state index in [9.17, 15) is 22.8 Å². The Morgan fingerprint density at radius 2 is 1.61 bits per heavy atom. The molecular weight excluding hydrogens is 373 g/mol. The van der Waals surface area contributed by atoms with Crippen LogP contribution in [0.5, 0.6) is 5.75 Å². The Hall–Kier alpha value is -3.03. The first-order chi connectivity index (χ1) is 13.1. The van der Waals surface area contributed by atoms with Gasteiger partial charge >= 0.3 is 6.18 Å². The predicted molar refractivity (Wildman–Crippen MR) is 99.4 cm³/mol. The third-order valence-electron chi connectivity index (χ3n) is 3.55. The highest BCUT2D eigenvalue weighted by atomic mass is 19.4. The molecule has 2 aromatic carbocycles. The molecule has 150 valence electrons. The fourth-order valence-electron chi connectivity index (χ4n) is 2.31. The zero-order chi connectivity index (χ0) is 20.7. The van der Waals surface area contributed by atoms with Gasteiger partial charge in [0.15, 0.2) is 0 Å². The van der Waals surface area contributed by atoms with Crippen LogP contribution in [0.2, 0.25) is 0 Å². The van der Waals surface area contributed by atoms with E-state index in [0.29, 0.717) is 22.6 Å². The fraction of sp³-hybridized carbons (Fsp3) is 0.300. The Morgan fingerprint density at radius 1 is 1.00 bits per heavy atom. The molecule has 2 rings (SSSR count). The van der Waals surface area contributed by atoms with Crippen molar-refractivity contribution in [1.29, 1.82) is 0 Å². The monoisotopic (exact) mass is 394 g/mol. The first kappa shape index (κ1) is 21.3. The highest BCUT2D eigenvalue weighted by molar-refractivity contribution is 6.04. The van der Waals surface area contributed by atoms with Crippen molar-refractivity contribution in [3.05, 3.63) is 59.7 Å². The highest BCUT2D eigenvalue weighted by Gasteiger charge is 2.27. The minimum atomic E-state index is -4.44. The average molecular weight is 394 g/mol. The number of nitrogens with one attached hydrogen (secondary N) is 2. The summed E-state index contributed by atoms with van der Waals surface area (Å²) in [5.74, 6) is -0.371. The maximum atomic E-state index is 12.3. The topological polar surface area (TPSA) is 67.4 Å². The van der Waals surface area contributed by atoms with Crippen LogP contribution < -0.4 is 15.4 Å². The van der Waals surface area contributed by atoms with E-state index in [1.165, 1.54) is 0 Å². The van der Waals surface area contributed by atoms with Gasteiger partial charge in [-0.3, -0.25) is 9.59 Å². The van der Waals surface area contributed by atoms with E-state index in [1.807, 2.05) is 19.2 Å². The first-order valence-electron chi connectivity index (χ1n) is 8.63. The zero-order valence-corrected chi connectivity index (χ0v) is 15.5. The number of benzene rings is 2. The van der Waals surface area contributed by atoms with Gasteiger partial charge in [0.25, 0.3) is 5.91 Å². The second-order valence-electron chi connectivity index (χ2n) is 6.41. The van der Waals surface area contributed by atoms with Gasteiger partial charge in [0.05, 0.1) is 12.5 Å². The van der Waals surface area contributed by atoms with Gasteiger partial charge in [0.1, 0.15) is 12.3 Å². The molecule has 0 unspecified atom stereocenters. The molecule has 0 radical (unpaired) electrons. The number of ether oxygens (including phenoxy) is 1. The number of halogens is 3. The van der Waals surface area contributed by atoms with Crippen LogP contribution in [0.25, 0.3) is 0 Å². The maximum absolute atomic E-state index is 12.3. The van der Waals surface area contributed by atoms with Crippen molar-refractivity contribution < 1.29 is 27.5 Å². The van der Waals surface area contributed by atoms with Crippen LogP contribution in [0, 0.1) is 0 Å². The lowest BCUT2D eigenvalue weighted by Crippen LogP contribution is -2.34. The molecular formula is C20H21F3N2O3. The molecule has 0 saturated heterocycles. The summed E-state index contributed by atoms with van der Waals surface area (Å²) in [5.41, 5.74) is 1.49. The van der Waals surface area contributed by atoms with Crippen molar-refractivity contribution in [3.8, 4) is 5.75 Å². The zero-order valence-electron chi connectivity index (χ0n) is 15.5. The molecule has 0 atom stereocenters. The second-order valence-corrected chi connectivity index (χ2v) is 6.41. The lowest BCUT2D eigenvalue weighted by atomic mass is 10.1. The predicted octanol–water partition coefficient (Wildman–Crippen LogP) is 3.95. The van der Waals surface area contributed by atoms with Crippen molar-refractivity contribution in [2.45, 2.75) is 32.5 Å². The molecule has 2 amide bonds. The lowest BCUT2D eigenvalue weighted by Gasteiger charge is -2.11. The van der Waals surface area contributed by atoms with Gasteiger partial charge in [-0.15, -0.1) is 0 Å². The summed E-state index contributed by atoms with van der Waals surface area (Å²) in [5, 5.41) is 4.53. The third kappa shape index (κ3) is 7.30. The first-order valence-corrected chi connectivity index (χ1v) is 8.63. The molecule has 0 saturated carbocycles. The van der Waals surface area contributed by atoms with Crippen LogP contribution >= 0.6 is 0 Å². The molecule has 0 bridgehead atoms. The molecule has 0 aliphatic carbocycles. The normalized spacial score (nSPS) is 11.2. The van der Waals surface area contributed by atoms with Crippen LogP contribution in [-0.4, -0.2) is 30.6 Å². The number of anilines is 1. The van der Waals surface area contributed by atoms with Crippen molar-refractivity contribution in [1.82, 2.24) is 5.32 Å². The average Bonchev–Trinajstić information content (AvgIpc) is 2.61. The third-order valence-corrected chi connectivity index (χ3v) is 3.55. The SMILES string of the molecule is CC(C)Oc1ccc(C(=O)Nc2ccc(CC(=O)NCC(F)(F)F)cc2)cc1. The molecule has 5 nitrogen and oxygen atoms in total. The fourth-order valence-corrected chi connectivity index (χ4v) is 2.31. The van der Waals surface area contributed by atoms with Gasteiger partial charge < -0.3 is 15.4 Å². The number of alkyl halides is 3. The van der Waals surface area contributed by atoms with Crippen molar-refractivity contribution in [2.75, 3.05) is 11.9 Å².